The Morgan fingerprint density at radius 2 is 2.12 bits per heavy atom. The minimum atomic E-state index is 0.134. The maximum Gasteiger partial charge on any atom is 0.128 e. The van der Waals surface area contributed by atoms with Gasteiger partial charge < -0.3 is 10.6 Å². The van der Waals surface area contributed by atoms with E-state index in [1.54, 1.807) is 0 Å². The average Bonchev–Trinajstić information content (AvgIpc) is 2.75. The van der Waals surface area contributed by atoms with Gasteiger partial charge in [-0.3, -0.25) is 0 Å². The molecule has 0 bridgehead atoms. The molecular weight excluding hydrogens is 210 g/mol. The minimum Gasteiger partial charge on any atom is -0.359 e. The Morgan fingerprint density at radius 3 is 2.82 bits per heavy atom. The van der Waals surface area contributed by atoms with E-state index in [0.717, 1.165) is 18.8 Å². The summed E-state index contributed by atoms with van der Waals surface area (Å²) in [6, 6.07) is 4.37. The van der Waals surface area contributed by atoms with Crippen molar-refractivity contribution in [2.75, 3.05) is 25.0 Å². The summed E-state index contributed by atoms with van der Waals surface area (Å²) in [7, 11) is 2.10. The lowest BCUT2D eigenvalue weighted by molar-refractivity contribution is 0.384. The van der Waals surface area contributed by atoms with Gasteiger partial charge in [-0.15, -0.1) is 0 Å². The summed E-state index contributed by atoms with van der Waals surface area (Å²) in [6.07, 6.45) is 3.59. The highest BCUT2D eigenvalue weighted by Gasteiger charge is 2.20. The Bertz CT molecular complexity index is 398. The Kier molecular flexibility index (Phi) is 3.38. The van der Waals surface area contributed by atoms with Gasteiger partial charge in [0, 0.05) is 19.3 Å². The van der Waals surface area contributed by atoms with Crippen molar-refractivity contribution in [3.8, 4) is 0 Å². The Balaban J connectivity index is 2.12. The number of anilines is 1. The largest absolute Gasteiger partial charge is 0.359 e. The third-order valence-corrected chi connectivity index (χ3v) is 3.52. The zero-order valence-corrected chi connectivity index (χ0v) is 11.2. The van der Waals surface area contributed by atoms with Gasteiger partial charge in [-0.05, 0) is 42.9 Å². The van der Waals surface area contributed by atoms with Crippen LogP contribution in [0.1, 0.15) is 31.5 Å². The van der Waals surface area contributed by atoms with E-state index in [2.05, 4.69) is 37.9 Å². The molecule has 0 radical (unpaired) electrons. The van der Waals surface area contributed by atoms with Gasteiger partial charge in [0.05, 0.1) is 0 Å². The van der Waals surface area contributed by atoms with Crippen LogP contribution in [0.25, 0.3) is 0 Å². The number of hydrogen-bond donors (Lipinski definition) is 1. The van der Waals surface area contributed by atoms with E-state index >= 15 is 0 Å². The lowest BCUT2D eigenvalue weighted by Crippen LogP contribution is -2.37. The number of rotatable bonds is 4. The van der Waals surface area contributed by atoms with Gasteiger partial charge in [0.2, 0.25) is 0 Å². The zero-order chi connectivity index (χ0) is 12.5. The van der Waals surface area contributed by atoms with Crippen LogP contribution in [0, 0.1) is 5.41 Å². The minimum absolute atomic E-state index is 0.134. The average molecular weight is 233 g/mol. The molecule has 1 aliphatic rings. The van der Waals surface area contributed by atoms with E-state index in [1.165, 1.54) is 24.1 Å². The molecule has 94 valence electrons. The van der Waals surface area contributed by atoms with Gasteiger partial charge in [-0.25, -0.2) is 4.98 Å². The summed E-state index contributed by atoms with van der Waals surface area (Å²) in [5.41, 5.74) is 8.63. The molecule has 0 atom stereocenters. The van der Waals surface area contributed by atoms with E-state index in [-0.39, 0.29) is 5.41 Å². The van der Waals surface area contributed by atoms with Crippen molar-refractivity contribution in [3.63, 3.8) is 0 Å². The lowest BCUT2D eigenvalue weighted by atomic mass is 9.93. The molecule has 0 saturated heterocycles. The van der Waals surface area contributed by atoms with E-state index in [4.69, 9.17) is 10.7 Å². The number of hydrogen-bond acceptors (Lipinski definition) is 3. The number of pyridine rings is 1. The fourth-order valence-corrected chi connectivity index (χ4v) is 2.41. The van der Waals surface area contributed by atoms with E-state index in [9.17, 15) is 0 Å². The van der Waals surface area contributed by atoms with Crippen molar-refractivity contribution >= 4 is 5.82 Å². The molecule has 1 aromatic rings. The van der Waals surface area contributed by atoms with Crippen LogP contribution in [0.4, 0.5) is 5.82 Å². The van der Waals surface area contributed by atoms with Gasteiger partial charge >= 0.3 is 0 Å². The van der Waals surface area contributed by atoms with Crippen molar-refractivity contribution in [1.82, 2.24) is 4.98 Å². The van der Waals surface area contributed by atoms with Gasteiger partial charge in [0.1, 0.15) is 5.82 Å². The fraction of sp³-hybridized carbons (Fsp3) is 0.643. The third-order valence-electron chi connectivity index (χ3n) is 3.52. The number of fused-ring (bicyclic) bond motifs is 1. The van der Waals surface area contributed by atoms with Crippen LogP contribution in [0.2, 0.25) is 0 Å². The first-order chi connectivity index (χ1) is 8.02. The molecule has 0 aliphatic heterocycles. The van der Waals surface area contributed by atoms with Crippen LogP contribution in [-0.4, -0.2) is 25.1 Å². The first-order valence-electron chi connectivity index (χ1n) is 6.42. The second kappa shape index (κ2) is 4.65. The Labute approximate surface area is 104 Å². The molecule has 3 nitrogen and oxygen atoms in total. The van der Waals surface area contributed by atoms with Crippen LogP contribution in [-0.2, 0) is 12.8 Å². The van der Waals surface area contributed by atoms with Crippen LogP contribution >= 0.6 is 0 Å². The van der Waals surface area contributed by atoms with Crippen molar-refractivity contribution < 1.29 is 0 Å². The molecule has 0 amide bonds. The Hall–Kier alpha value is -1.09. The quantitative estimate of drug-likeness (QED) is 0.865. The van der Waals surface area contributed by atoms with Gasteiger partial charge in [0.25, 0.3) is 0 Å². The molecule has 2 rings (SSSR count). The van der Waals surface area contributed by atoms with Crippen molar-refractivity contribution in [3.05, 3.63) is 23.4 Å². The number of aromatic nitrogens is 1. The summed E-state index contributed by atoms with van der Waals surface area (Å²) in [5.74, 6) is 1.08. The SMILES string of the molecule is CN(CC(C)(C)CN)c1ccc2c(n1)CCC2. The van der Waals surface area contributed by atoms with Crippen LogP contribution in [0.3, 0.4) is 0 Å². The highest BCUT2D eigenvalue weighted by molar-refractivity contribution is 5.42. The standard InChI is InChI=1S/C14H23N3/c1-14(2,9-15)10-17(3)13-8-7-11-5-4-6-12(11)16-13/h7-8H,4-6,9-10,15H2,1-3H3. The van der Waals surface area contributed by atoms with Crippen LogP contribution < -0.4 is 10.6 Å². The van der Waals surface area contributed by atoms with Gasteiger partial charge in [-0.1, -0.05) is 19.9 Å². The summed E-state index contributed by atoms with van der Waals surface area (Å²) in [5, 5.41) is 0. The first-order valence-corrected chi connectivity index (χ1v) is 6.42. The molecule has 0 spiro atoms. The third kappa shape index (κ3) is 2.78. The summed E-state index contributed by atoms with van der Waals surface area (Å²) in [4.78, 5) is 6.97. The van der Waals surface area contributed by atoms with Gasteiger partial charge in [0.15, 0.2) is 0 Å². The summed E-state index contributed by atoms with van der Waals surface area (Å²) < 4.78 is 0. The number of nitrogens with zero attached hydrogens (tertiary/aromatic N) is 2. The molecule has 1 aromatic heterocycles. The second-order valence-corrected chi connectivity index (χ2v) is 5.85. The molecular formula is C14H23N3. The predicted octanol–water partition coefficient (Wildman–Crippen LogP) is 1.99. The zero-order valence-electron chi connectivity index (χ0n) is 11.2. The van der Waals surface area contributed by atoms with E-state index < -0.39 is 0 Å². The van der Waals surface area contributed by atoms with Crippen molar-refractivity contribution in [2.45, 2.75) is 33.1 Å². The monoisotopic (exact) mass is 233 g/mol. The topological polar surface area (TPSA) is 42.1 Å². The maximum atomic E-state index is 5.78. The first kappa shape index (κ1) is 12.4. The van der Waals surface area contributed by atoms with E-state index in [0.29, 0.717) is 6.54 Å². The summed E-state index contributed by atoms with van der Waals surface area (Å²) >= 11 is 0. The second-order valence-electron chi connectivity index (χ2n) is 5.85. The molecule has 0 unspecified atom stereocenters. The highest BCUT2D eigenvalue weighted by atomic mass is 15.2. The highest BCUT2D eigenvalue weighted by Crippen LogP contribution is 2.24. The van der Waals surface area contributed by atoms with Gasteiger partial charge in [-0.2, -0.15) is 0 Å². The number of aryl methyl sites for hydroxylation is 2. The predicted molar refractivity (Wildman–Crippen MR) is 72.4 cm³/mol. The normalized spacial score (nSPS) is 14.8. The Morgan fingerprint density at radius 1 is 1.35 bits per heavy atom. The molecule has 3 heteroatoms. The molecule has 17 heavy (non-hydrogen) atoms. The molecule has 1 heterocycles. The molecule has 0 fully saturated rings. The molecule has 0 aromatic carbocycles. The van der Waals surface area contributed by atoms with Crippen LogP contribution in [0.5, 0.6) is 0 Å². The number of nitrogens with two attached hydrogens (primary N) is 1. The molecule has 0 saturated carbocycles. The van der Waals surface area contributed by atoms with Crippen molar-refractivity contribution in [1.29, 1.82) is 0 Å². The smallest absolute Gasteiger partial charge is 0.128 e. The maximum absolute atomic E-state index is 5.78. The lowest BCUT2D eigenvalue weighted by Gasteiger charge is -2.30. The van der Waals surface area contributed by atoms with Crippen LogP contribution in [0.15, 0.2) is 12.1 Å². The summed E-state index contributed by atoms with van der Waals surface area (Å²) in [6.45, 7) is 6.02. The van der Waals surface area contributed by atoms with E-state index in [1.807, 2.05) is 0 Å². The molecule has 2 N–H and O–H groups in total. The molecule has 1 aliphatic carbocycles. The fourth-order valence-electron chi connectivity index (χ4n) is 2.41. The van der Waals surface area contributed by atoms with Crippen molar-refractivity contribution in [2.24, 2.45) is 11.1 Å².